The number of nitrogen functional groups attached to an aromatic ring is 2. The number of ether oxygens (including phenoxy) is 2. The number of nitrogens with zero attached hydrogens (tertiary/aromatic N) is 7. The number of anilines is 2. The number of thioether (sulfide) groups is 1. The fourth-order valence-corrected chi connectivity index (χ4v) is 6.87. The number of hydrogen-bond acceptors (Lipinski definition) is 16. The number of oxime groups is 1. The molecule has 5 heterocycles. The summed E-state index contributed by atoms with van der Waals surface area (Å²) in [5.41, 5.74) is 10.9. The van der Waals surface area contributed by atoms with Gasteiger partial charge in [0.1, 0.15) is 36.5 Å². The molecule has 0 radical (unpaired) electrons. The van der Waals surface area contributed by atoms with E-state index in [1.807, 2.05) is 0 Å². The standard InChI is InChI=1S/C30H30N10O8S2/c1-30(2,28(45)47-13-15-4-6-17(46-3)7-5-15)48-36-20(23-34-29(32)50-37-23)24(41)33-21-25(42)40-22(27(43)44)16(14-49-26(21)40)12-38-10-11-39-19(38)9-8-18(31)35-39/h4-11,21,26H,12-14H2,1-3H3,(H5-,31,32,33,34,35,37,41,43,44)/b36-20-/t21-,26-/m1/s1. The molecule has 0 aliphatic carbocycles. The topological polar surface area (TPSA) is 246 Å². The third-order valence-corrected chi connectivity index (χ3v) is 9.57. The highest BCUT2D eigenvalue weighted by Crippen LogP contribution is 2.40. The number of aromatic nitrogens is 5. The lowest BCUT2D eigenvalue weighted by molar-refractivity contribution is -0.662. The predicted octanol–water partition coefficient (Wildman–Crippen LogP) is -1.01. The molecule has 0 unspecified atom stereocenters. The SMILES string of the molecule is COc1ccc(COC(=O)C(C)(C)O/N=C(\C(=O)N[C@@H]2C(=O)N3C(C(=O)[O-])=C(C[n+]4ccn5nc(N)ccc54)CS[C@H]23)c2nsc(N)n2)cc1. The van der Waals surface area contributed by atoms with Gasteiger partial charge in [-0.25, -0.2) is 9.36 Å². The molecule has 20 heteroatoms. The normalized spacial score (nSPS) is 17.6. The first-order valence-corrected chi connectivity index (χ1v) is 16.7. The fraction of sp³-hybridized carbons (Fsp3) is 0.300. The first-order chi connectivity index (χ1) is 23.9. The van der Waals surface area contributed by atoms with Gasteiger partial charge in [-0.05, 0) is 37.6 Å². The van der Waals surface area contributed by atoms with E-state index in [0.717, 1.165) is 16.4 Å². The van der Waals surface area contributed by atoms with E-state index in [-0.39, 0.29) is 35.6 Å². The van der Waals surface area contributed by atoms with Gasteiger partial charge in [0.25, 0.3) is 11.8 Å². The Balaban J connectivity index is 1.16. The molecule has 0 spiro atoms. The molecule has 50 heavy (non-hydrogen) atoms. The lowest BCUT2D eigenvalue weighted by Gasteiger charge is -2.50. The molecule has 3 aromatic heterocycles. The summed E-state index contributed by atoms with van der Waals surface area (Å²) in [7, 11) is 1.54. The Bertz CT molecular complexity index is 2060. The Morgan fingerprint density at radius 2 is 1.94 bits per heavy atom. The maximum absolute atomic E-state index is 13.6. The van der Waals surface area contributed by atoms with Crippen molar-refractivity contribution < 1.29 is 43.2 Å². The van der Waals surface area contributed by atoms with Crippen molar-refractivity contribution in [1.82, 2.24) is 29.2 Å². The predicted molar refractivity (Wildman–Crippen MR) is 176 cm³/mol. The minimum atomic E-state index is -1.67. The lowest BCUT2D eigenvalue weighted by Crippen LogP contribution is -2.71. The summed E-state index contributed by atoms with van der Waals surface area (Å²) in [6, 6.07) is 9.13. The monoisotopic (exact) mass is 722 g/mol. The molecule has 1 fully saturated rings. The molecule has 5 N–H and O–H groups in total. The van der Waals surface area contributed by atoms with Crippen LogP contribution >= 0.6 is 23.3 Å². The molecular weight excluding hydrogens is 693 g/mol. The van der Waals surface area contributed by atoms with Crippen molar-refractivity contribution in [2.45, 2.75) is 44.0 Å². The number of benzene rings is 1. The molecule has 2 aliphatic rings. The Kier molecular flexibility index (Phi) is 9.30. The Hall–Kier alpha value is -5.76. The van der Waals surface area contributed by atoms with Crippen molar-refractivity contribution in [3.05, 3.63) is 71.4 Å². The summed E-state index contributed by atoms with van der Waals surface area (Å²) in [6.07, 6.45) is 3.38. The van der Waals surface area contributed by atoms with Gasteiger partial charge < -0.3 is 41.0 Å². The number of nitrogens with one attached hydrogen (secondary N) is 1. The van der Waals surface area contributed by atoms with Crippen molar-refractivity contribution in [2.75, 3.05) is 24.3 Å². The summed E-state index contributed by atoms with van der Waals surface area (Å²) >= 11 is 2.05. The molecule has 6 rings (SSSR count). The molecule has 0 bridgehead atoms. The number of rotatable bonds is 12. The molecular formula is C30H30N10O8S2. The van der Waals surface area contributed by atoms with Crippen LogP contribution in [-0.2, 0) is 41.9 Å². The molecule has 1 saturated heterocycles. The summed E-state index contributed by atoms with van der Waals surface area (Å²) < 4.78 is 17.9. The van der Waals surface area contributed by atoms with E-state index in [1.54, 1.807) is 57.9 Å². The van der Waals surface area contributed by atoms with E-state index in [4.69, 9.17) is 25.8 Å². The molecule has 18 nitrogen and oxygen atoms in total. The highest BCUT2D eigenvalue weighted by Gasteiger charge is 2.53. The van der Waals surface area contributed by atoms with E-state index in [9.17, 15) is 24.3 Å². The number of nitrogens with two attached hydrogens (primary N) is 2. The highest BCUT2D eigenvalue weighted by atomic mass is 32.2. The number of imidazole rings is 1. The highest BCUT2D eigenvalue weighted by molar-refractivity contribution is 8.00. The second-order valence-corrected chi connectivity index (χ2v) is 13.4. The third-order valence-electron chi connectivity index (χ3n) is 7.69. The second kappa shape index (κ2) is 13.6. The quantitative estimate of drug-likeness (QED) is 0.0522. The Morgan fingerprint density at radius 1 is 1.18 bits per heavy atom. The maximum Gasteiger partial charge on any atom is 0.353 e. The van der Waals surface area contributed by atoms with Crippen molar-refractivity contribution in [1.29, 1.82) is 0 Å². The van der Waals surface area contributed by atoms with Crippen LogP contribution in [0, 0.1) is 0 Å². The number of aliphatic carboxylic acids is 1. The molecule has 2 amide bonds. The number of esters is 1. The number of carbonyl (C=O) groups excluding carboxylic acids is 4. The van der Waals surface area contributed by atoms with Crippen LogP contribution < -0.4 is 31.2 Å². The first-order valence-electron chi connectivity index (χ1n) is 14.8. The summed E-state index contributed by atoms with van der Waals surface area (Å²) in [5, 5.41) is 22.3. The number of fused-ring (bicyclic) bond motifs is 2. The van der Waals surface area contributed by atoms with Crippen molar-refractivity contribution >= 4 is 69.4 Å². The van der Waals surface area contributed by atoms with Gasteiger partial charge in [0, 0.05) is 28.9 Å². The van der Waals surface area contributed by atoms with Crippen LogP contribution in [0.2, 0.25) is 0 Å². The average Bonchev–Trinajstić information content (AvgIpc) is 3.70. The summed E-state index contributed by atoms with van der Waals surface area (Å²) in [5.74, 6) is -2.95. The molecule has 4 aromatic rings. The number of carboxylic acids is 1. The van der Waals surface area contributed by atoms with Gasteiger partial charge in [-0.15, -0.1) is 11.8 Å². The van der Waals surface area contributed by atoms with E-state index in [2.05, 4.69) is 24.9 Å². The molecule has 1 aromatic carbocycles. The minimum absolute atomic E-state index is 0.0248. The van der Waals surface area contributed by atoms with Gasteiger partial charge in [-0.2, -0.15) is 9.36 Å². The van der Waals surface area contributed by atoms with Crippen LogP contribution in [0.25, 0.3) is 5.65 Å². The van der Waals surface area contributed by atoms with Crippen LogP contribution in [0.4, 0.5) is 10.9 Å². The van der Waals surface area contributed by atoms with Crippen molar-refractivity contribution in [3.8, 4) is 5.75 Å². The van der Waals surface area contributed by atoms with Crippen LogP contribution in [0.3, 0.4) is 0 Å². The van der Waals surface area contributed by atoms with E-state index in [0.29, 0.717) is 28.4 Å². The van der Waals surface area contributed by atoms with Crippen molar-refractivity contribution in [2.24, 2.45) is 5.16 Å². The van der Waals surface area contributed by atoms with Crippen LogP contribution in [-0.4, -0.2) is 83.2 Å². The van der Waals surface area contributed by atoms with Gasteiger partial charge in [0.2, 0.25) is 17.1 Å². The molecule has 0 saturated carbocycles. The van der Waals surface area contributed by atoms with Crippen LogP contribution in [0.1, 0.15) is 25.2 Å². The number of carboxylic acid groups (broad SMARTS) is 1. The number of methoxy groups -OCH3 is 1. The zero-order chi connectivity index (χ0) is 35.7. The number of β-lactam (4-membered cyclic amide) rings is 1. The fourth-order valence-electron chi connectivity index (χ4n) is 5.10. The lowest BCUT2D eigenvalue weighted by atomic mass is 10.0. The average molecular weight is 723 g/mol. The van der Waals surface area contributed by atoms with Crippen LogP contribution in [0.15, 0.2) is 65.2 Å². The number of hydrogen-bond donors (Lipinski definition) is 3. The summed E-state index contributed by atoms with van der Waals surface area (Å²) in [6.45, 7) is 2.86. The van der Waals surface area contributed by atoms with Gasteiger partial charge in [-0.1, -0.05) is 26.9 Å². The second-order valence-electron chi connectivity index (χ2n) is 11.5. The number of amides is 2. The number of carbonyl (C=O) groups is 4. The zero-order valence-corrected chi connectivity index (χ0v) is 28.4. The third kappa shape index (κ3) is 6.74. The molecule has 2 aliphatic heterocycles. The van der Waals surface area contributed by atoms with E-state index in [1.165, 1.54) is 32.7 Å². The summed E-state index contributed by atoms with van der Waals surface area (Å²) in [4.78, 5) is 62.8. The minimum Gasteiger partial charge on any atom is -0.543 e. The molecule has 260 valence electrons. The van der Waals surface area contributed by atoms with Gasteiger partial charge >= 0.3 is 11.6 Å². The van der Waals surface area contributed by atoms with Crippen LogP contribution in [0.5, 0.6) is 5.75 Å². The van der Waals surface area contributed by atoms with E-state index < -0.39 is 46.5 Å². The van der Waals surface area contributed by atoms with Crippen molar-refractivity contribution in [3.63, 3.8) is 0 Å². The largest absolute Gasteiger partial charge is 0.543 e. The Labute approximate surface area is 291 Å². The zero-order valence-electron chi connectivity index (χ0n) is 26.8. The Morgan fingerprint density at radius 3 is 2.62 bits per heavy atom. The smallest absolute Gasteiger partial charge is 0.353 e. The maximum atomic E-state index is 13.6. The first kappa shape index (κ1) is 34.1. The molecule has 2 atom stereocenters. The van der Waals surface area contributed by atoms with Gasteiger partial charge in [-0.3, -0.25) is 14.5 Å². The van der Waals surface area contributed by atoms with Gasteiger partial charge in [0.15, 0.2) is 17.1 Å². The van der Waals surface area contributed by atoms with Gasteiger partial charge in [0.05, 0.1) is 18.8 Å². The van der Waals surface area contributed by atoms with E-state index >= 15 is 0 Å².